The number of aryl methyl sites for hydroxylation is 3. The van der Waals surface area contributed by atoms with E-state index in [0.29, 0.717) is 24.5 Å². The van der Waals surface area contributed by atoms with Gasteiger partial charge < -0.3 is 9.88 Å². The van der Waals surface area contributed by atoms with E-state index in [1.165, 1.54) is 4.68 Å². The number of nitro groups is 1. The predicted molar refractivity (Wildman–Crippen MR) is 67.8 cm³/mol. The Balaban J connectivity index is 2.08. The van der Waals surface area contributed by atoms with E-state index < -0.39 is 4.92 Å². The second-order valence-electron chi connectivity index (χ2n) is 4.20. The molecule has 19 heavy (non-hydrogen) atoms. The molecular weight excluding hydrogens is 250 g/mol. The zero-order valence-electron chi connectivity index (χ0n) is 11.0. The highest BCUT2D eigenvalue weighted by molar-refractivity contribution is 5.59. The average molecular weight is 265 g/mol. The van der Waals surface area contributed by atoms with Crippen LogP contribution in [0, 0.1) is 17.0 Å². The highest BCUT2D eigenvalue weighted by Gasteiger charge is 2.23. The first-order chi connectivity index (χ1) is 9.00. The van der Waals surface area contributed by atoms with Gasteiger partial charge in [0.15, 0.2) is 0 Å². The average Bonchev–Trinajstić information content (AvgIpc) is 2.84. The van der Waals surface area contributed by atoms with Crippen molar-refractivity contribution in [1.29, 1.82) is 0 Å². The van der Waals surface area contributed by atoms with Crippen molar-refractivity contribution in [1.82, 2.24) is 24.5 Å². The molecule has 0 aromatic carbocycles. The van der Waals surface area contributed by atoms with Crippen LogP contribution in [-0.2, 0) is 20.5 Å². The Morgan fingerprint density at radius 3 is 2.79 bits per heavy atom. The van der Waals surface area contributed by atoms with E-state index in [9.17, 15) is 10.1 Å². The Morgan fingerprint density at radius 1 is 1.47 bits per heavy atom. The third-order valence-corrected chi connectivity index (χ3v) is 2.82. The number of nitrogens with one attached hydrogen (secondary N) is 1. The number of nitrogens with zero attached hydrogens (tertiary/aromatic N) is 6. The maximum Gasteiger partial charge on any atom is 0.333 e. The zero-order chi connectivity index (χ0) is 14.0. The molecule has 2 heterocycles. The molecule has 0 saturated heterocycles. The molecule has 2 aromatic rings. The largest absolute Gasteiger partial charge is 0.364 e. The van der Waals surface area contributed by atoms with E-state index >= 15 is 0 Å². The summed E-state index contributed by atoms with van der Waals surface area (Å²) in [6, 6.07) is 0. The quantitative estimate of drug-likeness (QED) is 0.620. The van der Waals surface area contributed by atoms with Gasteiger partial charge in [-0.05, 0) is 6.92 Å². The SMILES string of the molecule is Cc1nn(C)c(NCCc2nncn2C)c1[N+](=O)[O-]. The maximum atomic E-state index is 11.0. The van der Waals surface area contributed by atoms with E-state index in [-0.39, 0.29) is 5.69 Å². The fourth-order valence-electron chi connectivity index (χ4n) is 1.89. The molecule has 0 aliphatic rings. The molecule has 0 spiro atoms. The van der Waals surface area contributed by atoms with Crippen LogP contribution in [0.5, 0.6) is 0 Å². The van der Waals surface area contributed by atoms with Gasteiger partial charge in [-0.2, -0.15) is 5.10 Å². The summed E-state index contributed by atoms with van der Waals surface area (Å²) in [5.41, 5.74) is 0.411. The predicted octanol–water partition coefficient (Wildman–Crippen LogP) is 0.420. The minimum atomic E-state index is -0.424. The van der Waals surface area contributed by atoms with Crippen molar-refractivity contribution in [3.05, 3.63) is 28.0 Å². The van der Waals surface area contributed by atoms with Gasteiger partial charge in [-0.15, -0.1) is 10.2 Å². The molecule has 0 unspecified atom stereocenters. The van der Waals surface area contributed by atoms with Crippen molar-refractivity contribution in [2.45, 2.75) is 13.3 Å². The number of hydrogen-bond acceptors (Lipinski definition) is 6. The molecule has 0 atom stereocenters. The van der Waals surface area contributed by atoms with Crippen molar-refractivity contribution in [3.63, 3.8) is 0 Å². The van der Waals surface area contributed by atoms with Gasteiger partial charge in [0.1, 0.15) is 17.8 Å². The van der Waals surface area contributed by atoms with Gasteiger partial charge in [0.2, 0.25) is 5.82 Å². The lowest BCUT2D eigenvalue weighted by Gasteiger charge is -2.05. The summed E-state index contributed by atoms with van der Waals surface area (Å²) in [6.45, 7) is 2.14. The van der Waals surface area contributed by atoms with Crippen LogP contribution in [0.15, 0.2) is 6.33 Å². The summed E-state index contributed by atoms with van der Waals surface area (Å²) in [5.74, 6) is 1.22. The first-order valence-corrected chi connectivity index (χ1v) is 5.75. The third-order valence-electron chi connectivity index (χ3n) is 2.82. The Labute approximate surface area is 109 Å². The molecule has 0 saturated carbocycles. The highest BCUT2D eigenvalue weighted by Crippen LogP contribution is 2.26. The number of rotatable bonds is 5. The molecule has 0 radical (unpaired) electrons. The monoisotopic (exact) mass is 265 g/mol. The standard InChI is InChI=1S/C10H15N7O2/c1-7-9(17(18)19)10(16(3)14-7)11-5-4-8-13-12-6-15(8)2/h6,11H,4-5H2,1-3H3. The van der Waals surface area contributed by atoms with Gasteiger partial charge in [-0.1, -0.05) is 0 Å². The molecule has 2 rings (SSSR count). The van der Waals surface area contributed by atoms with Crippen LogP contribution in [0.25, 0.3) is 0 Å². The van der Waals surface area contributed by atoms with Crippen molar-refractivity contribution >= 4 is 11.5 Å². The molecule has 0 aliphatic carbocycles. The molecular formula is C10H15N7O2. The topological polar surface area (TPSA) is 104 Å². The third kappa shape index (κ3) is 2.54. The van der Waals surface area contributed by atoms with Crippen molar-refractivity contribution in [2.75, 3.05) is 11.9 Å². The highest BCUT2D eigenvalue weighted by atomic mass is 16.6. The van der Waals surface area contributed by atoms with Gasteiger partial charge in [0.05, 0.1) is 4.92 Å². The molecule has 0 fully saturated rings. The van der Waals surface area contributed by atoms with Crippen LogP contribution < -0.4 is 5.32 Å². The summed E-state index contributed by atoms with van der Waals surface area (Å²) in [6.07, 6.45) is 2.24. The first kappa shape index (κ1) is 13.0. The van der Waals surface area contributed by atoms with Crippen LogP contribution >= 0.6 is 0 Å². The Morgan fingerprint density at radius 2 is 2.21 bits per heavy atom. The fraction of sp³-hybridized carbons (Fsp3) is 0.500. The maximum absolute atomic E-state index is 11.0. The van der Waals surface area contributed by atoms with Gasteiger partial charge >= 0.3 is 5.69 Å². The second-order valence-corrected chi connectivity index (χ2v) is 4.20. The second kappa shape index (κ2) is 5.04. The molecule has 0 bridgehead atoms. The van der Waals surface area contributed by atoms with E-state index in [1.54, 1.807) is 20.3 Å². The lowest BCUT2D eigenvalue weighted by Crippen LogP contribution is -2.12. The minimum absolute atomic E-state index is 0.0143. The number of anilines is 1. The molecule has 0 aliphatic heterocycles. The zero-order valence-corrected chi connectivity index (χ0v) is 11.0. The summed E-state index contributed by atoms with van der Waals surface area (Å²) >= 11 is 0. The first-order valence-electron chi connectivity index (χ1n) is 5.75. The molecule has 9 nitrogen and oxygen atoms in total. The molecule has 102 valence electrons. The van der Waals surface area contributed by atoms with E-state index in [0.717, 1.165) is 5.82 Å². The van der Waals surface area contributed by atoms with Gasteiger partial charge in [-0.3, -0.25) is 10.1 Å². The Hall–Kier alpha value is -2.45. The van der Waals surface area contributed by atoms with Crippen LogP contribution in [0.2, 0.25) is 0 Å². The van der Waals surface area contributed by atoms with Gasteiger partial charge in [0.25, 0.3) is 0 Å². The van der Waals surface area contributed by atoms with Crippen LogP contribution in [0.1, 0.15) is 11.5 Å². The molecule has 1 N–H and O–H groups in total. The fourth-order valence-corrected chi connectivity index (χ4v) is 1.89. The van der Waals surface area contributed by atoms with Gasteiger partial charge in [0, 0.05) is 27.1 Å². The van der Waals surface area contributed by atoms with Crippen molar-refractivity contribution < 1.29 is 4.92 Å². The molecule has 2 aromatic heterocycles. The van der Waals surface area contributed by atoms with Crippen molar-refractivity contribution in [2.24, 2.45) is 14.1 Å². The van der Waals surface area contributed by atoms with E-state index in [1.807, 2.05) is 11.6 Å². The Kier molecular flexibility index (Phi) is 3.45. The molecule has 0 amide bonds. The normalized spacial score (nSPS) is 10.7. The van der Waals surface area contributed by atoms with Crippen molar-refractivity contribution in [3.8, 4) is 0 Å². The summed E-state index contributed by atoms with van der Waals surface area (Å²) in [5, 5.41) is 25.8. The summed E-state index contributed by atoms with van der Waals surface area (Å²) in [7, 11) is 3.52. The molecule has 9 heteroatoms. The van der Waals surface area contributed by atoms with E-state index in [4.69, 9.17) is 0 Å². The van der Waals surface area contributed by atoms with Gasteiger partial charge in [-0.25, -0.2) is 4.68 Å². The van der Waals surface area contributed by atoms with Crippen LogP contribution in [-0.4, -0.2) is 36.0 Å². The lowest BCUT2D eigenvalue weighted by molar-refractivity contribution is -0.384. The van der Waals surface area contributed by atoms with Crippen LogP contribution in [0.3, 0.4) is 0 Å². The smallest absolute Gasteiger partial charge is 0.333 e. The summed E-state index contributed by atoms with van der Waals surface area (Å²) < 4.78 is 3.29. The minimum Gasteiger partial charge on any atom is -0.364 e. The lowest BCUT2D eigenvalue weighted by atomic mass is 10.3. The number of aromatic nitrogens is 5. The van der Waals surface area contributed by atoms with E-state index in [2.05, 4.69) is 20.6 Å². The number of hydrogen-bond donors (Lipinski definition) is 1. The summed E-state index contributed by atoms with van der Waals surface area (Å²) in [4.78, 5) is 10.6. The van der Waals surface area contributed by atoms with Crippen LogP contribution in [0.4, 0.5) is 11.5 Å². The Bertz CT molecular complexity index is 601.